The van der Waals surface area contributed by atoms with E-state index in [0.717, 1.165) is 30.3 Å². The van der Waals surface area contributed by atoms with Crippen LogP contribution >= 0.6 is 15.9 Å². The summed E-state index contributed by atoms with van der Waals surface area (Å²) in [5.41, 5.74) is -0.784. The predicted molar refractivity (Wildman–Crippen MR) is 70.2 cm³/mol. The van der Waals surface area contributed by atoms with Gasteiger partial charge in [0.05, 0.1) is 5.56 Å². The third-order valence-corrected chi connectivity index (χ3v) is 3.02. The van der Waals surface area contributed by atoms with E-state index >= 15 is 0 Å². The van der Waals surface area contributed by atoms with E-state index in [4.69, 9.17) is 4.74 Å². The van der Waals surface area contributed by atoms with Crippen LogP contribution in [0.25, 0.3) is 0 Å². The lowest BCUT2D eigenvalue weighted by Gasteiger charge is -2.08. The van der Waals surface area contributed by atoms with Crippen LogP contribution in [0.4, 0.5) is 17.6 Å². The molecule has 2 aromatic carbocycles. The summed E-state index contributed by atoms with van der Waals surface area (Å²) in [6.07, 6.45) is 0. The lowest BCUT2D eigenvalue weighted by molar-refractivity contribution is 0.0909. The molecule has 2 nitrogen and oxygen atoms in total. The number of Topliss-reactive ketones (excluding diaryl/α,β-unsaturated/α-hetero) is 1. The molecule has 2 rings (SSSR count). The van der Waals surface area contributed by atoms with E-state index in [0.29, 0.717) is 0 Å². The molecule has 0 saturated carbocycles. The normalized spacial score (nSPS) is 10.5. The molecule has 0 unspecified atom stereocenters. The Morgan fingerprint density at radius 2 is 1.67 bits per heavy atom. The molecular formula is C14H7BrF4O2. The summed E-state index contributed by atoms with van der Waals surface area (Å²) in [6.45, 7) is -0.829. The number of hydrogen-bond donors (Lipinski definition) is 0. The van der Waals surface area contributed by atoms with Gasteiger partial charge in [-0.3, -0.25) is 4.79 Å². The lowest BCUT2D eigenvalue weighted by Crippen LogP contribution is -2.15. The van der Waals surface area contributed by atoms with Crippen molar-refractivity contribution in [2.75, 3.05) is 6.61 Å². The van der Waals surface area contributed by atoms with E-state index in [1.54, 1.807) is 0 Å². The average Bonchev–Trinajstić information content (AvgIpc) is 2.41. The van der Waals surface area contributed by atoms with E-state index in [1.807, 2.05) is 0 Å². The Balaban J connectivity index is 2.19. The Morgan fingerprint density at radius 3 is 2.29 bits per heavy atom. The third kappa shape index (κ3) is 3.41. The Labute approximate surface area is 125 Å². The summed E-state index contributed by atoms with van der Waals surface area (Å²) >= 11 is 2.93. The van der Waals surface area contributed by atoms with Crippen LogP contribution in [0.15, 0.2) is 34.8 Å². The molecule has 0 fully saturated rings. The molecule has 110 valence electrons. The first kappa shape index (κ1) is 15.5. The van der Waals surface area contributed by atoms with Crippen LogP contribution in [-0.4, -0.2) is 12.4 Å². The SMILES string of the molecule is O=C(COc1cc(Br)cc(F)c1F)c1c(F)cccc1F. The number of carbonyl (C=O) groups is 1. The number of hydrogen-bond acceptors (Lipinski definition) is 2. The molecule has 21 heavy (non-hydrogen) atoms. The van der Waals surface area contributed by atoms with Crippen molar-refractivity contribution < 1.29 is 27.1 Å². The maximum absolute atomic E-state index is 13.4. The second-order valence-electron chi connectivity index (χ2n) is 4.01. The number of carbonyl (C=O) groups excluding carboxylic acids is 1. The van der Waals surface area contributed by atoms with Crippen molar-refractivity contribution in [1.29, 1.82) is 0 Å². The quantitative estimate of drug-likeness (QED) is 0.461. The molecule has 0 aliphatic carbocycles. The van der Waals surface area contributed by atoms with Crippen LogP contribution in [0.1, 0.15) is 10.4 Å². The van der Waals surface area contributed by atoms with Gasteiger partial charge in [0.25, 0.3) is 0 Å². The smallest absolute Gasteiger partial charge is 0.206 e. The zero-order chi connectivity index (χ0) is 15.6. The fourth-order valence-corrected chi connectivity index (χ4v) is 2.03. The van der Waals surface area contributed by atoms with Crippen molar-refractivity contribution in [2.24, 2.45) is 0 Å². The summed E-state index contributed by atoms with van der Waals surface area (Å²) in [5, 5.41) is 0. The molecule has 0 spiro atoms. The fourth-order valence-electron chi connectivity index (χ4n) is 1.62. The van der Waals surface area contributed by atoms with Crippen LogP contribution in [0.3, 0.4) is 0 Å². The van der Waals surface area contributed by atoms with Crippen molar-refractivity contribution >= 4 is 21.7 Å². The molecule has 0 atom stereocenters. The van der Waals surface area contributed by atoms with Crippen LogP contribution < -0.4 is 4.74 Å². The molecule has 0 amide bonds. The van der Waals surface area contributed by atoms with Crippen molar-refractivity contribution in [2.45, 2.75) is 0 Å². The number of ketones is 1. The second kappa shape index (κ2) is 6.26. The second-order valence-corrected chi connectivity index (χ2v) is 4.92. The third-order valence-electron chi connectivity index (χ3n) is 2.56. The summed E-state index contributed by atoms with van der Waals surface area (Å²) in [6, 6.07) is 4.90. The number of rotatable bonds is 4. The van der Waals surface area contributed by atoms with Gasteiger partial charge in [0.2, 0.25) is 11.6 Å². The molecule has 0 saturated heterocycles. The van der Waals surface area contributed by atoms with Crippen LogP contribution in [-0.2, 0) is 0 Å². The van der Waals surface area contributed by atoms with Gasteiger partial charge in [-0.05, 0) is 24.3 Å². The molecule has 0 aliphatic heterocycles. The van der Waals surface area contributed by atoms with E-state index in [2.05, 4.69) is 15.9 Å². The zero-order valence-electron chi connectivity index (χ0n) is 10.3. The molecule has 0 aliphatic rings. The number of halogens is 5. The van der Waals surface area contributed by atoms with Crippen LogP contribution in [0.5, 0.6) is 5.75 Å². The number of benzene rings is 2. The Bertz CT molecular complexity index is 683. The minimum absolute atomic E-state index is 0.195. The highest BCUT2D eigenvalue weighted by Gasteiger charge is 2.19. The van der Waals surface area contributed by atoms with Crippen molar-refractivity contribution in [3.8, 4) is 5.75 Å². The first-order valence-electron chi connectivity index (χ1n) is 5.64. The molecule has 0 bridgehead atoms. The standard InChI is InChI=1S/C14H7BrF4O2/c15-7-4-10(18)14(19)12(5-7)21-6-11(20)13-8(16)2-1-3-9(13)17/h1-5H,6H2. The predicted octanol–water partition coefficient (Wildman–Crippen LogP) is 4.27. The van der Waals surface area contributed by atoms with Gasteiger partial charge in [-0.2, -0.15) is 4.39 Å². The number of ether oxygens (including phenoxy) is 1. The lowest BCUT2D eigenvalue weighted by atomic mass is 10.1. The summed E-state index contributed by atoms with van der Waals surface area (Å²) < 4.78 is 58.3. The highest BCUT2D eigenvalue weighted by molar-refractivity contribution is 9.10. The van der Waals surface area contributed by atoms with Crippen molar-refractivity contribution in [3.63, 3.8) is 0 Å². The van der Waals surface area contributed by atoms with Gasteiger partial charge < -0.3 is 4.74 Å². The summed E-state index contributed by atoms with van der Waals surface area (Å²) in [7, 11) is 0. The van der Waals surface area contributed by atoms with Gasteiger partial charge in [-0.25, -0.2) is 13.2 Å². The van der Waals surface area contributed by atoms with Crippen LogP contribution in [0, 0.1) is 23.3 Å². The minimum Gasteiger partial charge on any atom is -0.482 e. The maximum atomic E-state index is 13.4. The first-order chi connectivity index (χ1) is 9.90. The van der Waals surface area contributed by atoms with E-state index < -0.39 is 47.0 Å². The average molecular weight is 363 g/mol. The molecular weight excluding hydrogens is 356 g/mol. The summed E-state index contributed by atoms with van der Waals surface area (Å²) in [4.78, 5) is 11.7. The monoisotopic (exact) mass is 362 g/mol. The van der Waals surface area contributed by atoms with E-state index in [-0.39, 0.29) is 4.47 Å². The van der Waals surface area contributed by atoms with E-state index in [9.17, 15) is 22.4 Å². The fraction of sp³-hybridized carbons (Fsp3) is 0.0714. The Kier molecular flexibility index (Phi) is 4.62. The first-order valence-corrected chi connectivity index (χ1v) is 6.44. The van der Waals surface area contributed by atoms with Gasteiger partial charge in [0.15, 0.2) is 18.2 Å². The van der Waals surface area contributed by atoms with Crippen LogP contribution in [0.2, 0.25) is 0 Å². The van der Waals surface area contributed by atoms with E-state index in [1.165, 1.54) is 0 Å². The molecule has 7 heteroatoms. The molecule has 2 aromatic rings. The molecule has 0 heterocycles. The minimum atomic E-state index is -1.29. The Hall–Kier alpha value is -1.89. The maximum Gasteiger partial charge on any atom is 0.206 e. The Morgan fingerprint density at radius 1 is 1.05 bits per heavy atom. The molecule has 0 aromatic heterocycles. The van der Waals surface area contributed by atoms with Crippen molar-refractivity contribution in [1.82, 2.24) is 0 Å². The largest absolute Gasteiger partial charge is 0.482 e. The highest BCUT2D eigenvalue weighted by Crippen LogP contribution is 2.25. The summed E-state index contributed by atoms with van der Waals surface area (Å²) in [5.74, 6) is -6.13. The molecule has 0 N–H and O–H groups in total. The highest BCUT2D eigenvalue weighted by atomic mass is 79.9. The van der Waals surface area contributed by atoms with Gasteiger partial charge in [0, 0.05) is 4.47 Å². The van der Waals surface area contributed by atoms with Gasteiger partial charge in [0.1, 0.15) is 11.6 Å². The van der Waals surface area contributed by atoms with Gasteiger partial charge >= 0.3 is 0 Å². The van der Waals surface area contributed by atoms with Gasteiger partial charge in [-0.1, -0.05) is 22.0 Å². The molecule has 0 radical (unpaired) electrons. The van der Waals surface area contributed by atoms with Gasteiger partial charge in [-0.15, -0.1) is 0 Å². The van der Waals surface area contributed by atoms with Crippen molar-refractivity contribution in [3.05, 3.63) is 63.6 Å². The topological polar surface area (TPSA) is 26.3 Å². The zero-order valence-corrected chi connectivity index (χ0v) is 11.9.